The highest BCUT2D eigenvalue weighted by molar-refractivity contribution is 7.14. The van der Waals surface area contributed by atoms with E-state index in [-0.39, 0.29) is 11.9 Å². The molecule has 0 aliphatic rings. The molecule has 0 bridgehead atoms. The Bertz CT molecular complexity index is 596. The fourth-order valence-electron chi connectivity index (χ4n) is 1.65. The van der Waals surface area contributed by atoms with Crippen molar-refractivity contribution in [2.24, 2.45) is 5.73 Å². The second-order valence-corrected chi connectivity index (χ2v) is 5.11. The van der Waals surface area contributed by atoms with E-state index in [0.717, 1.165) is 5.69 Å². The summed E-state index contributed by atoms with van der Waals surface area (Å²) in [5, 5.41) is 5.14. The molecule has 0 aliphatic heterocycles. The third-order valence-electron chi connectivity index (χ3n) is 2.64. The first-order chi connectivity index (χ1) is 9.61. The summed E-state index contributed by atoms with van der Waals surface area (Å²) in [7, 11) is 0. The number of benzene rings is 1. The molecular formula is C14H17N3O2S. The molecule has 6 heteroatoms. The number of hydrogen-bond acceptors (Lipinski definition) is 5. The Morgan fingerprint density at radius 2 is 2.25 bits per heavy atom. The number of nitrogens with zero attached hydrogens (tertiary/aromatic N) is 1. The molecular weight excluding hydrogens is 274 g/mol. The maximum absolute atomic E-state index is 12.2. The summed E-state index contributed by atoms with van der Waals surface area (Å²) in [5.41, 5.74) is 7.00. The SMILES string of the molecule is CCOc1ccccc1C(=O)Nc1nc(C(C)N)cs1. The highest BCUT2D eigenvalue weighted by atomic mass is 32.1. The number of nitrogens with two attached hydrogens (primary N) is 1. The van der Waals surface area contributed by atoms with E-state index >= 15 is 0 Å². The molecule has 3 N–H and O–H groups in total. The van der Waals surface area contributed by atoms with Crippen LogP contribution in [0.25, 0.3) is 0 Å². The van der Waals surface area contributed by atoms with Crippen molar-refractivity contribution in [2.45, 2.75) is 19.9 Å². The minimum atomic E-state index is -0.236. The summed E-state index contributed by atoms with van der Waals surface area (Å²) in [6.45, 7) is 4.24. The molecule has 106 valence electrons. The van der Waals surface area contributed by atoms with Crippen LogP contribution in [0.3, 0.4) is 0 Å². The predicted octanol–water partition coefficient (Wildman–Crippen LogP) is 2.81. The van der Waals surface area contributed by atoms with Gasteiger partial charge in [-0.1, -0.05) is 12.1 Å². The Morgan fingerprint density at radius 3 is 2.90 bits per heavy atom. The number of ether oxygens (including phenoxy) is 1. The molecule has 0 aliphatic carbocycles. The van der Waals surface area contributed by atoms with Crippen LogP contribution in [-0.4, -0.2) is 17.5 Å². The standard InChI is InChI=1S/C14H17N3O2S/c1-3-19-12-7-5-4-6-10(12)13(18)17-14-16-11(8-20-14)9(2)15/h4-9H,3,15H2,1-2H3,(H,16,17,18). The maximum atomic E-state index is 12.2. The zero-order valence-corrected chi connectivity index (χ0v) is 12.2. The molecule has 1 aromatic carbocycles. The summed E-state index contributed by atoms with van der Waals surface area (Å²) in [6.07, 6.45) is 0. The van der Waals surface area contributed by atoms with Crippen molar-refractivity contribution < 1.29 is 9.53 Å². The van der Waals surface area contributed by atoms with E-state index in [4.69, 9.17) is 10.5 Å². The van der Waals surface area contributed by atoms with Crippen LogP contribution < -0.4 is 15.8 Å². The second kappa shape index (κ2) is 6.49. The molecule has 0 fully saturated rings. The fourth-order valence-corrected chi connectivity index (χ4v) is 2.46. The van der Waals surface area contributed by atoms with E-state index in [1.807, 2.05) is 25.3 Å². The van der Waals surface area contributed by atoms with E-state index in [0.29, 0.717) is 23.1 Å². The van der Waals surface area contributed by atoms with Crippen LogP contribution in [0.15, 0.2) is 29.6 Å². The van der Waals surface area contributed by atoms with Crippen LogP contribution >= 0.6 is 11.3 Å². The number of amides is 1. The highest BCUT2D eigenvalue weighted by Gasteiger charge is 2.14. The predicted molar refractivity (Wildman–Crippen MR) is 80.3 cm³/mol. The van der Waals surface area contributed by atoms with Crippen LogP contribution in [-0.2, 0) is 0 Å². The molecule has 5 nitrogen and oxygen atoms in total. The molecule has 0 spiro atoms. The van der Waals surface area contributed by atoms with Crippen LogP contribution in [0.2, 0.25) is 0 Å². The van der Waals surface area contributed by atoms with Gasteiger partial charge in [0.05, 0.1) is 17.9 Å². The van der Waals surface area contributed by atoms with E-state index in [1.54, 1.807) is 18.2 Å². The number of anilines is 1. The zero-order chi connectivity index (χ0) is 14.5. The molecule has 1 heterocycles. The first kappa shape index (κ1) is 14.5. The van der Waals surface area contributed by atoms with Crippen molar-refractivity contribution in [3.63, 3.8) is 0 Å². The van der Waals surface area contributed by atoms with Gasteiger partial charge in [-0.05, 0) is 26.0 Å². The number of carbonyl (C=O) groups excluding carboxylic acids is 1. The number of nitrogens with one attached hydrogen (secondary N) is 1. The lowest BCUT2D eigenvalue weighted by molar-refractivity contribution is 0.102. The third kappa shape index (κ3) is 3.34. The molecule has 1 unspecified atom stereocenters. The van der Waals surface area contributed by atoms with E-state index in [9.17, 15) is 4.79 Å². The van der Waals surface area contributed by atoms with Crippen molar-refractivity contribution in [1.82, 2.24) is 4.98 Å². The van der Waals surface area contributed by atoms with Crippen LogP contribution in [0.5, 0.6) is 5.75 Å². The van der Waals surface area contributed by atoms with Gasteiger partial charge in [0, 0.05) is 11.4 Å². The number of aromatic nitrogens is 1. The van der Waals surface area contributed by atoms with Gasteiger partial charge in [0.15, 0.2) is 5.13 Å². The smallest absolute Gasteiger partial charge is 0.261 e. The van der Waals surface area contributed by atoms with Crippen LogP contribution in [0.4, 0.5) is 5.13 Å². The monoisotopic (exact) mass is 291 g/mol. The molecule has 2 rings (SSSR count). The van der Waals surface area contributed by atoms with Gasteiger partial charge in [0.1, 0.15) is 5.75 Å². The normalized spacial score (nSPS) is 11.9. The minimum Gasteiger partial charge on any atom is -0.493 e. The molecule has 1 atom stereocenters. The Morgan fingerprint density at radius 1 is 1.50 bits per heavy atom. The Hall–Kier alpha value is -1.92. The quantitative estimate of drug-likeness (QED) is 0.888. The van der Waals surface area contributed by atoms with Gasteiger partial charge in [0.25, 0.3) is 5.91 Å². The lowest BCUT2D eigenvalue weighted by Crippen LogP contribution is -2.14. The van der Waals surface area contributed by atoms with Gasteiger partial charge in [-0.25, -0.2) is 4.98 Å². The average molecular weight is 291 g/mol. The van der Waals surface area contributed by atoms with Gasteiger partial charge in [-0.2, -0.15) is 0 Å². The number of rotatable bonds is 5. The van der Waals surface area contributed by atoms with Crippen molar-refractivity contribution in [2.75, 3.05) is 11.9 Å². The van der Waals surface area contributed by atoms with E-state index in [1.165, 1.54) is 11.3 Å². The van der Waals surface area contributed by atoms with Gasteiger partial charge in [0.2, 0.25) is 0 Å². The summed E-state index contributed by atoms with van der Waals surface area (Å²) in [5.74, 6) is 0.330. The Labute approximate surface area is 121 Å². The Balaban J connectivity index is 2.15. The minimum absolute atomic E-state index is 0.146. The average Bonchev–Trinajstić information content (AvgIpc) is 2.88. The van der Waals surface area contributed by atoms with Crippen LogP contribution in [0.1, 0.15) is 35.9 Å². The van der Waals surface area contributed by atoms with Crippen LogP contribution in [0, 0.1) is 0 Å². The van der Waals surface area contributed by atoms with Gasteiger partial charge in [-0.15, -0.1) is 11.3 Å². The number of carbonyl (C=O) groups is 1. The molecule has 20 heavy (non-hydrogen) atoms. The van der Waals surface area contributed by atoms with Gasteiger partial charge >= 0.3 is 0 Å². The van der Waals surface area contributed by atoms with Gasteiger partial charge < -0.3 is 10.5 Å². The number of para-hydroxylation sites is 1. The second-order valence-electron chi connectivity index (χ2n) is 4.25. The molecule has 0 radical (unpaired) electrons. The number of hydrogen-bond donors (Lipinski definition) is 2. The third-order valence-corrected chi connectivity index (χ3v) is 3.42. The molecule has 1 amide bonds. The first-order valence-corrected chi connectivity index (χ1v) is 7.24. The fraction of sp³-hybridized carbons (Fsp3) is 0.286. The summed E-state index contributed by atoms with van der Waals surface area (Å²) in [6, 6.07) is 6.98. The molecule has 0 saturated heterocycles. The maximum Gasteiger partial charge on any atom is 0.261 e. The highest BCUT2D eigenvalue weighted by Crippen LogP contribution is 2.22. The molecule has 1 aromatic heterocycles. The first-order valence-electron chi connectivity index (χ1n) is 6.36. The van der Waals surface area contributed by atoms with E-state index < -0.39 is 0 Å². The topological polar surface area (TPSA) is 77.2 Å². The van der Waals surface area contributed by atoms with Crippen molar-refractivity contribution >= 4 is 22.4 Å². The van der Waals surface area contributed by atoms with Crippen molar-refractivity contribution in [3.8, 4) is 5.75 Å². The van der Waals surface area contributed by atoms with E-state index in [2.05, 4.69) is 10.3 Å². The number of thiazole rings is 1. The summed E-state index contributed by atoms with van der Waals surface area (Å²) >= 11 is 1.36. The summed E-state index contributed by atoms with van der Waals surface area (Å²) < 4.78 is 5.44. The lowest BCUT2D eigenvalue weighted by atomic mass is 10.2. The largest absolute Gasteiger partial charge is 0.493 e. The zero-order valence-electron chi connectivity index (χ0n) is 11.4. The van der Waals surface area contributed by atoms with Crippen molar-refractivity contribution in [3.05, 3.63) is 40.9 Å². The molecule has 2 aromatic rings. The van der Waals surface area contributed by atoms with Gasteiger partial charge in [-0.3, -0.25) is 10.1 Å². The molecule has 0 saturated carbocycles. The summed E-state index contributed by atoms with van der Waals surface area (Å²) in [4.78, 5) is 16.5. The Kier molecular flexibility index (Phi) is 4.70. The van der Waals surface area contributed by atoms with Crippen molar-refractivity contribution in [1.29, 1.82) is 0 Å². The lowest BCUT2D eigenvalue weighted by Gasteiger charge is -2.09.